The SMILES string of the molecule is N#Cc1c(Br)ccc2cccnc12. The fraction of sp³-hybridized carbons (Fsp3) is 0. The summed E-state index contributed by atoms with van der Waals surface area (Å²) in [6.45, 7) is 0. The molecule has 0 saturated heterocycles. The van der Waals surface area contributed by atoms with Gasteiger partial charge >= 0.3 is 0 Å². The average Bonchev–Trinajstić information content (AvgIpc) is 2.18. The van der Waals surface area contributed by atoms with Crippen LogP contribution in [0.15, 0.2) is 34.9 Å². The molecule has 0 bridgehead atoms. The number of benzene rings is 1. The molecule has 1 aromatic heterocycles. The zero-order valence-corrected chi connectivity index (χ0v) is 8.25. The third-order valence-electron chi connectivity index (χ3n) is 1.84. The van der Waals surface area contributed by atoms with Crippen LogP contribution in [0.25, 0.3) is 10.9 Å². The second-order valence-corrected chi connectivity index (χ2v) is 3.46. The Morgan fingerprint density at radius 2 is 2.15 bits per heavy atom. The van der Waals surface area contributed by atoms with Gasteiger partial charge in [0.1, 0.15) is 6.07 Å². The second kappa shape index (κ2) is 3.15. The van der Waals surface area contributed by atoms with Crippen molar-refractivity contribution in [2.45, 2.75) is 0 Å². The molecular weight excluding hydrogens is 228 g/mol. The van der Waals surface area contributed by atoms with Crippen LogP contribution in [0.4, 0.5) is 0 Å². The van der Waals surface area contributed by atoms with Crippen LogP contribution in [0.3, 0.4) is 0 Å². The molecule has 0 radical (unpaired) electrons. The Kier molecular flexibility index (Phi) is 1.99. The van der Waals surface area contributed by atoms with Gasteiger partial charge in [-0.1, -0.05) is 12.1 Å². The maximum atomic E-state index is 8.90. The molecule has 2 aromatic rings. The van der Waals surface area contributed by atoms with Gasteiger partial charge in [-0.2, -0.15) is 5.26 Å². The van der Waals surface area contributed by atoms with Gasteiger partial charge in [-0.05, 0) is 28.1 Å². The highest BCUT2D eigenvalue weighted by molar-refractivity contribution is 9.10. The Balaban J connectivity index is 2.94. The van der Waals surface area contributed by atoms with Crippen LogP contribution in [0, 0.1) is 11.3 Å². The minimum Gasteiger partial charge on any atom is -0.255 e. The summed E-state index contributed by atoms with van der Waals surface area (Å²) < 4.78 is 0.793. The van der Waals surface area contributed by atoms with Gasteiger partial charge in [0.15, 0.2) is 0 Å². The van der Waals surface area contributed by atoms with E-state index in [0.717, 1.165) is 15.4 Å². The van der Waals surface area contributed by atoms with Gasteiger partial charge in [0, 0.05) is 16.1 Å². The number of rotatable bonds is 0. The van der Waals surface area contributed by atoms with Gasteiger partial charge in [-0.15, -0.1) is 0 Å². The maximum Gasteiger partial charge on any atom is 0.103 e. The smallest absolute Gasteiger partial charge is 0.103 e. The van der Waals surface area contributed by atoms with Gasteiger partial charge in [-0.25, -0.2) is 0 Å². The Bertz CT molecular complexity index is 500. The fourth-order valence-corrected chi connectivity index (χ4v) is 1.64. The third-order valence-corrected chi connectivity index (χ3v) is 2.50. The molecule has 0 aliphatic carbocycles. The highest BCUT2D eigenvalue weighted by Crippen LogP contribution is 2.23. The first kappa shape index (κ1) is 8.21. The molecule has 0 aliphatic heterocycles. The summed E-state index contributed by atoms with van der Waals surface area (Å²) >= 11 is 3.32. The summed E-state index contributed by atoms with van der Waals surface area (Å²) in [5.74, 6) is 0. The van der Waals surface area contributed by atoms with Gasteiger partial charge in [0.05, 0.1) is 11.1 Å². The molecule has 1 heterocycles. The molecule has 0 atom stereocenters. The van der Waals surface area contributed by atoms with Gasteiger partial charge in [0.2, 0.25) is 0 Å². The molecule has 0 spiro atoms. The van der Waals surface area contributed by atoms with Crippen LogP contribution in [0.1, 0.15) is 5.56 Å². The van der Waals surface area contributed by atoms with Crippen LogP contribution < -0.4 is 0 Å². The molecule has 1 aromatic carbocycles. The molecule has 2 nitrogen and oxygen atoms in total. The van der Waals surface area contributed by atoms with Crippen molar-refractivity contribution in [1.82, 2.24) is 4.98 Å². The molecule has 0 aliphatic rings. The van der Waals surface area contributed by atoms with Crippen molar-refractivity contribution < 1.29 is 0 Å². The molecule has 0 fully saturated rings. The van der Waals surface area contributed by atoms with E-state index in [2.05, 4.69) is 27.0 Å². The summed E-state index contributed by atoms with van der Waals surface area (Å²) in [4.78, 5) is 4.16. The van der Waals surface area contributed by atoms with Crippen molar-refractivity contribution in [2.24, 2.45) is 0 Å². The van der Waals surface area contributed by atoms with E-state index in [0.29, 0.717) is 5.56 Å². The lowest BCUT2D eigenvalue weighted by atomic mass is 10.1. The predicted octanol–water partition coefficient (Wildman–Crippen LogP) is 2.87. The van der Waals surface area contributed by atoms with Crippen LogP contribution in [0.2, 0.25) is 0 Å². The van der Waals surface area contributed by atoms with Gasteiger partial charge < -0.3 is 0 Å². The average molecular weight is 233 g/mol. The van der Waals surface area contributed by atoms with E-state index in [9.17, 15) is 0 Å². The number of hydrogen-bond donors (Lipinski definition) is 0. The Morgan fingerprint density at radius 3 is 2.92 bits per heavy atom. The van der Waals surface area contributed by atoms with E-state index in [1.807, 2.05) is 24.3 Å². The zero-order valence-electron chi connectivity index (χ0n) is 6.66. The molecule has 2 rings (SSSR count). The monoisotopic (exact) mass is 232 g/mol. The molecule has 13 heavy (non-hydrogen) atoms. The predicted molar refractivity (Wildman–Crippen MR) is 54.2 cm³/mol. The van der Waals surface area contributed by atoms with E-state index >= 15 is 0 Å². The molecule has 0 N–H and O–H groups in total. The van der Waals surface area contributed by atoms with Crippen molar-refractivity contribution in [3.63, 3.8) is 0 Å². The number of nitrogens with zero attached hydrogens (tertiary/aromatic N) is 2. The molecule has 62 valence electrons. The van der Waals surface area contributed by atoms with E-state index < -0.39 is 0 Å². The minimum absolute atomic E-state index is 0.595. The van der Waals surface area contributed by atoms with Crippen molar-refractivity contribution in [3.05, 3.63) is 40.5 Å². The molecule has 0 amide bonds. The van der Waals surface area contributed by atoms with Crippen LogP contribution in [-0.2, 0) is 0 Å². The van der Waals surface area contributed by atoms with E-state index in [4.69, 9.17) is 5.26 Å². The Hall–Kier alpha value is -1.40. The number of fused-ring (bicyclic) bond motifs is 1. The number of aromatic nitrogens is 1. The summed E-state index contributed by atoms with van der Waals surface area (Å²) in [6.07, 6.45) is 1.69. The van der Waals surface area contributed by atoms with Crippen molar-refractivity contribution in [2.75, 3.05) is 0 Å². The van der Waals surface area contributed by atoms with Gasteiger partial charge in [-0.3, -0.25) is 4.98 Å². The number of nitriles is 1. The summed E-state index contributed by atoms with van der Waals surface area (Å²) in [5.41, 5.74) is 1.34. The minimum atomic E-state index is 0.595. The lowest BCUT2D eigenvalue weighted by molar-refractivity contribution is 1.38. The van der Waals surface area contributed by atoms with Crippen LogP contribution in [-0.4, -0.2) is 4.98 Å². The normalized spacial score (nSPS) is 9.85. The van der Waals surface area contributed by atoms with Gasteiger partial charge in [0.25, 0.3) is 0 Å². The maximum absolute atomic E-state index is 8.90. The van der Waals surface area contributed by atoms with E-state index in [1.165, 1.54) is 0 Å². The number of halogens is 1. The Labute approximate surface area is 84.0 Å². The fourth-order valence-electron chi connectivity index (χ4n) is 1.23. The summed E-state index contributed by atoms with van der Waals surface area (Å²) in [6, 6.07) is 9.73. The standard InChI is InChI=1S/C10H5BrN2/c11-9-4-3-7-2-1-5-13-10(7)8(9)6-12/h1-5H. The molecule has 3 heteroatoms. The zero-order chi connectivity index (χ0) is 9.26. The Morgan fingerprint density at radius 1 is 1.31 bits per heavy atom. The molecular formula is C10H5BrN2. The first-order valence-corrected chi connectivity index (χ1v) is 4.55. The van der Waals surface area contributed by atoms with Crippen molar-refractivity contribution >= 4 is 26.8 Å². The molecule has 0 unspecified atom stereocenters. The number of hydrogen-bond acceptors (Lipinski definition) is 2. The third kappa shape index (κ3) is 1.30. The van der Waals surface area contributed by atoms with Crippen LogP contribution in [0.5, 0.6) is 0 Å². The molecule has 0 saturated carbocycles. The van der Waals surface area contributed by atoms with E-state index in [-0.39, 0.29) is 0 Å². The lowest BCUT2D eigenvalue weighted by Gasteiger charge is -1.99. The quantitative estimate of drug-likeness (QED) is 0.701. The van der Waals surface area contributed by atoms with Crippen LogP contribution >= 0.6 is 15.9 Å². The largest absolute Gasteiger partial charge is 0.255 e. The second-order valence-electron chi connectivity index (χ2n) is 2.61. The highest BCUT2D eigenvalue weighted by Gasteiger charge is 2.04. The van der Waals surface area contributed by atoms with Crippen molar-refractivity contribution in [1.29, 1.82) is 5.26 Å². The lowest BCUT2D eigenvalue weighted by Crippen LogP contribution is -1.84. The number of pyridine rings is 1. The topological polar surface area (TPSA) is 36.7 Å². The first-order valence-electron chi connectivity index (χ1n) is 3.76. The first-order chi connectivity index (χ1) is 6.33. The van der Waals surface area contributed by atoms with E-state index in [1.54, 1.807) is 6.20 Å². The summed E-state index contributed by atoms with van der Waals surface area (Å²) in [5, 5.41) is 9.88. The highest BCUT2D eigenvalue weighted by atomic mass is 79.9. The van der Waals surface area contributed by atoms with Crippen molar-refractivity contribution in [3.8, 4) is 6.07 Å². The summed E-state index contributed by atoms with van der Waals surface area (Å²) in [7, 11) is 0.